The van der Waals surface area contributed by atoms with Gasteiger partial charge >= 0.3 is 12.3 Å². The van der Waals surface area contributed by atoms with Gasteiger partial charge in [0.1, 0.15) is 9.39 Å². The van der Waals surface area contributed by atoms with Gasteiger partial charge in [-0.3, -0.25) is 0 Å². The van der Waals surface area contributed by atoms with E-state index < -0.39 is 18.1 Å². The van der Waals surface area contributed by atoms with Crippen LogP contribution in [0, 0.1) is 3.70 Å². The van der Waals surface area contributed by atoms with E-state index in [4.69, 9.17) is 16.7 Å². The Balaban J connectivity index is 3.26. The third-order valence-electron chi connectivity index (χ3n) is 1.59. The minimum Gasteiger partial charge on any atom is -0.477 e. The average molecular weight is 381 g/mol. The van der Waals surface area contributed by atoms with E-state index in [0.717, 1.165) is 6.07 Å². The molecule has 0 aliphatic carbocycles. The lowest BCUT2D eigenvalue weighted by Gasteiger charge is -2.13. The SMILES string of the molecule is O=C(O)c1cc(CCl)c(OC(F)(F)F)c(I)n1. The number of aromatic nitrogens is 1. The molecule has 94 valence electrons. The Morgan fingerprint density at radius 1 is 1.59 bits per heavy atom. The number of carboxylic acids is 1. The summed E-state index contributed by atoms with van der Waals surface area (Å²) < 4.78 is 39.8. The minimum atomic E-state index is -4.88. The second-order valence-electron chi connectivity index (χ2n) is 2.77. The van der Waals surface area contributed by atoms with E-state index in [9.17, 15) is 18.0 Å². The lowest BCUT2D eigenvalue weighted by molar-refractivity contribution is -0.275. The molecule has 0 atom stereocenters. The van der Waals surface area contributed by atoms with Crippen molar-refractivity contribution < 1.29 is 27.8 Å². The van der Waals surface area contributed by atoms with Gasteiger partial charge in [-0.05, 0) is 28.7 Å². The maximum atomic E-state index is 12.1. The van der Waals surface area contributed by atoms with Crippen LogP contribution < -0.4 is 4.74 Å². The highest BCUT2D eigenvalue weighted by atomic mass is 127. The molecular weight excluding hydrogens is 377 g/mol. The molecule has 0 bridgehead atoms. The lowest BCUT2D eigenvalue weighted by Crippen LogP contribution is -2.20. The molecule has 0 aliphatic heterocycles. The standard InChI is InChI=1S/C8H4ClF3INO3/c9-2-3-1-4(7(15)16)14-6(13)5(3)17-8(10,11)12/h1H,2H2,(H,15,16). The van der Waals surface area contributed by atoms with Crippen LogP contribution in [0.4, 0.5) is 13.2 Å². The normalized spacial score (nSPS) is 11.4. The first kappa shape index (κ1) is 14.3. The third kappa shape index (κ3) is 3.87. The monoisotopic (exact) mass is 381 g/mol. The Labute approximate surface area is 112 Å². The summed E-state index contributed by atoms with van der Waals surface area (Å²) in [6.07, 6.45) is -4.88. The van der Waals surface area contributed by atoms with Gasteiger partial charge in [-0.15, -0.1) is 24.8 Å². The molecule has 1 heterocycles. The van der Waals surface area contributed by atoms with Gasteiger partial charge in [0.05, 0.1) is 5.88 Å². The largest absolute Gasteiger partial charge is 0.573 e. The van der Waals surface area contributed by atoms with Gasteiger partial charge in [0.25, 0.3) is 0 Å². The van der Waals surface area contributed by atoms with Crippen LogP contribution in [0.1, 0.15) is 16.1 Å². The van der Waals surface area contributed by atoms with Gasteiger partial charge in [0.15, 0.2) is 5.75 Å². The Morgan fingerprint density at radius 3 is 2.59 bits per heavy atom. The van der Waals surface area contributed by atoms with Crippen molar-refractivity contribution in [3.63, 3.8) is 0 Å². The van der Waals surface area contributed by atoms with Gasteiger partial charge in [-0.25, -0.2) is 9.78 Å². The zero-order valence-electron chi connectivity index (χ0n) is 7.89. The summed E-state index contributed by atoms with van der Waals surface area (Å²) in [5.74, 6) is -2.24. The molecule has 0 fully saturated rings. The average Bonchev–Trinajstić information content (AvgIpc) is 2.18. The van der Waals surface area contributed by atoms with E-state index in [1.807, 2.05) is 0 Å². The number of hydrogen-bond acceptors (Lipinski definition) is 3. The fraction of sp³-hybridized carbons (Fsp3) is 0.250. The molecule has 0 amide bonds. The van der Waals surface area contributed by atoms with E-state index in [0.29, 0.717) is 0 Å². The van der Waals surface area contributed by atoms with Crippen LogP contribution in [0.5, 0.6) is 5.75 Å². The molecule has 17 heavy (non-hydrogen) atoms. The van der Waals surface area contributed by atoms with Crippen molar-refractivity contribution in [2.45, 2.75) is 12.2 Å². The van der Waals surface area contributed by atoms with Crippen molar-refractivity contribution in [3.05, 3.63) is 21.0 Å². The van der Waals surface area contributed by atoms with Gasteiger partial charge in [0, 0.05) is 5.56 Å². The van der Waals surface area contributed by atoms with Crippen molar-refractivity contribution in [2.24, 2.45) is 0 Å². The molecule has 0 radical (unpaired) electrons. The van der Waals surface area contributed by atoms with Crippen molar-refractivity contribution in [1.29, 1.82) is 0 Å². The topological polar surface area (TPSA) is 59.4 Å². The number of aromatic carboxylic acids is 1. The lowest BCUT2D eigenvalue weighted by atomic mass is 10.2. The number of halogens is 5. The molecule has 9 heteroatoms. The number of carbonyl (C=O) groups is 1. The summed E-state index contributed by atoms with van der Waals surface area (Å²) in [6, 6.07) is 0.943. The van der Waals surface area contributed by atoms with Crippen molar-refractivity contribution in [2.75, 3.05) is 0 Å². The number of alkyl halides is 4. The highest BCUT2D eigenvalue weighted by Crippen LogP contribution is 2.31. The predicted octanol–water partition coefficient (Wildman–Crippen LogP) is 3.02. The zero-order valence-corrected chi connectivity index (χ0v) is 10.8. The Bertz CT molecular complexity index is 452. The molecular formula is C8H4ClF3INO3. The van der Waals surface area contributed by atoms with Crippen molar-refractivity contribution >= 4 is 40.2 Å². The van der Waals surface area contributed by atoms with Crippen LogP contribution in [-0.4, -0.2) is 22.4 Å². The maximum Gasteiger partial charge on any atom is 0.573 e. The highest BCUT2D eigenvalue weighted by Gasteiger charge is 2.33. The summed E-state index contributed by atoms with van der Waals surface area (Å²) in [5.41, 5.74) is -0.472. The number of carboxylic acid groups (broad SMARTS) is 1. The molecule has 0 unspecified atom stereocenters. The fourth-order valence-electron chi connectivity index (χ4n) is 0.984. The number of ether oxygens (including phenoxy) is 1. The van der Waals surface area contributed by atoms with Gasteiger partial charge in [-0.1, -0.05) is 0 Å². The molecule has 0 aliphatic rings. The smallest absolute Gasteiger partial charge is 0.477 e. The Morgan fingerprint density at radius 2 is 2.18 bits per heavy atom. The van der Waals surface area contributed by atoms with E-state index in [1.165, 1.54) is 22.6 Å². The molecule has 1 aromatic rings. The Hall–Kier alpha value is -0.770. The number of rotatable bonds is 3. The minimum absolute atomic E-state index is 0.0826. The summed E-state index contributed by atoms with van der Waals surface area (Å²) in [6.45, 7) is 0. The second-order valence-corrected chi connectivity index (χ2v) is 4.06. The zero-order chi connectivity index (χ0) is 13.2. The maximum absolute atomic E-state index is 12.1. The van der Waals surface area contributed by atoms with E-state index in [1.54, 1.807) is 0 Å². The predicted molar refractivity (Wildman–Crippen MR) is 60.2 cm³/mol. The van der Waals surface area contributed by atoms with Crippen LogP contribution in [0.15, 0.2) is 6.07 Å². The number of pyridine rings is 1. The molecule has 1 aromatic heterocycles. The van der Waals surface area contributed by atoms with Gasteiger partial charge in [0.2, 0.25) is 0 Å². The van der Waals surface area contributed by atoms with Crippen LogP contribution in [0.2, 0.25) is 0 Å². The van der Waals surface area contributed by atoms with Crippen LogP contribution in [0.25, 0.3) is 0 Å². The number of hydrogen-bond donors (Lipinski definition) is 1. The summed E-state index contributed by atoms with van der Waals surface area (Å²) in [7, 11) is 0. The first-order valence-corrected chi connectivity index (χ1v) is 5.60. The first-order chi connectivity index (χ1) is 7.74. The van der Waals surface area contributed by atoms with Crippen LogP contribution in [-0.2, 0) is 5.88 Å². The molecule has 0 saturated heterocycles. The Kier molecular flexibility index (Phi) is 4.42. The van der Waals surface area contributed by atoms with Gasteiger partial charge < -0.3 is 9.84 Å². The summed E-state index contributed by atoms with van der Waals surface area (Å²) in [4.78, 5) is 14.1. The molecule has 0 saturated carbocycles. The second kappa shape index (κ2) is 5.25. The van der Waals surface area contributed by atoms with E-state index >= 15 is 0 Å². The van der Waals surface area contributed by atoms with E-state index in [2.05, 4.69) is 9.72 Å². The molecule has 0 spiro atoms. The molecule has 1 rings (SSSR count). The van der Waals surface area contributed by atoms with Crippen molar-refractivity contribution in [3.8, 4) is 5.75 Å². The fourth-order valence-corrected chi connectivity index (χ4v) is 1.90. The summed E-state index contributed by atoms with van der Waals surface area (Å²) in [5, 5.41) is 8.68. The molecule has 1 N–H and O–H groups in total. The highest BCUT2D eigenvalue weighted by molar-refractivity contribution is 14.1. The first-order valence-electron chi connectivity index (χ1n) is 3.99. The number of nitrogens with zero attached hydrogens (tertiary/aromatic N) is 1. The van der Waals surface area contributed by atoms with Gasteiger partial charge in [-0.2, -0.15) is 0 Å². The molecule has 0 aromatic carbocycles. The summed E-state index contributed by atoms with van der Waals surface area (Å²) >= 11 is 6.89. The quantitative estimate of drug-likeness (QED) is 0.497. The van der Waals surface area contributed by atoms with Crippen LogP contribution >= 0.6 is 34.2 Å². The van der Waals surface area contributed by atoms with Crippen molar-refractivity contribution in [1.82, 2.24) is 4.98 Å². The molecule has 4 nitrogen and oxygen atoms in total. The van der Waals surface area contributed by atoms with Crippen LogP contribution in [0.3, 0.4) is 0 Å². The third-order valence-corrected chi connectivity index (χ3v) is 2.61. The van der Waals surface area contributed by atoms with E-state index in [-0.39, 0.29) is 20.8 Å².